The molecule has 1 aliphatic carbocycles. The molecule has 1 amide bonds. The number of ether oxygens (including phenoxy) is 7. The first kappa shape index (κ1) is 52.6. The smallest absolute Gasteiger partial charge is 0.331 e. The van der Waals surface area contributed by atoms with Crippen molar-refractivity contribution in [3.63, 3.8) is 0 Å². The number of amides is 1. The van der Waals surface area contributed by atoms with E-state index in [-0.39, 0.29) is 48.8 Å². The number of carbonyl (C=O) groups excluding carboxylic acids is 3. The Balaban J connectivity index is 1.94. The van der Waals surface area contributed by atoms with E-state index < -0.39 is 59.3 Å². The van der Waals surface area contributed by atoms with Crippen LogP contribution < -0.4 is 0 Å². The van der Waals surface area contributed by atoms with Gasteiger partial charge in [-0.05, 0) is 69.6 Å². The summed E-state index contributed by atoms with van der Waals surface area (Å²) >= 11 is 0. The third-order valence-electron chi connectivity index (χ3n) is 13.7. The van der Waals surface area contributed by atoms with E-state index in [4.69, 9.17) is 33.2 Å². The van der Waals surface area contributed by atoms with Crippen LogP contribution in [0.1, 0.15) is 92.9 Å². The van der Waals surface area contributed by atoms with Gasteiger partial charge in [-0.25, -0.2) is 4.79 Å². The van der Waals surface area contributed by atoms with Crippen molar-refractivity contribution < 1.29 is 57.8 Å². The molecule has 0 saturated carbocycles. The highest BCUT2D eigenvalue weighted by Gasteiger charge is 2.59. The largest absolute Gasteiger partial charge is 0.458 e. The number of hydrogen-bond acceptors (Lipinski definition) is 12. The Morgan fingerprint density at radius 2 is 1.72 bits per heavy atom. The number of allylic oxidation sites excluding steroid dienone is 4. The Bertz CT molecular complexity index is 1490. The first-order valence-electron chi connectivity index (χ1n) is 22.2. The SMILES string of the molecule is COCC1(C)CC[C@H](OC)C2(CO2)[C@@H](OC)C[C@@H]2CC=C[C@H](C2)C[C@@H](OC)C(O)/C=C(C)/C=C/C(=O)OC1[C@@H](C)[C@@H](O)[C@@H](C)CCC(=O)[C@H](C)C(OC)[C@H](C)/C=C/N(C)C=O. The molecule has 2 bridgehead atoms. The number of carbonyl (C=O) groups is 3. The number of methoxy groups -OCH3 is 5. The summed E-state index contributed by atoms with van der Waals surface area (Å²) in [5.74, 6) is -1.50. The van der Waals surface area contributed by atoms with E-state index in [1.54, 1.807) is 60.9 Å². The number of epoxide rings is 1. The van der Waals surface area contributed by atoms with Gasteiger partial charge in [-0.15, -0.1) is 0 Å². The number of aliphatic hydroxyl groups excluding tert-OH is 2. The first-order valence-corrected chi connectivity index (χ1v) is 22.2. The van der Waals surface area contributed by atoms with Crippen LogP contribution in [-0.4, -0.2) is 137 Å². The van der Waals surface area contributed by atoms with E-state index in [0.29, 0.717) is 50.2 Å². The van der Waals surface area contributed by atoms with Gasteiger partial charge in [0, 0.05) is 84.5 Å². The molecule has 0 aromatic rings. The van der Waals surface area contributed by atoms with Crippen LogP contribution in [0.25, 0.3) is 0 Å². The van der Waals surface area contributed by atoms with Gasteiger partial charge < -0.3 is 48.3 Å². The molecule has 13 heteroatoms. The standard InChI is InChI=1S/C48H79NO12/c1-31-16-19-43(53)61-46(35(5)44(54)32(2)17-18-38(51)34(4)45(59-12)33(3)21-23-49(7)30-50)47(6,28-55-8)22-20-41(57-10)48(29-60-48)42(58-11)27-37-15-13-14-36(25-37)26-40(56-9)39(52)24-31/h13-14,16,19,21,23-24,30,32-37,39-42,44-46,52,54H,15,17-18,20,22,25-29H2,1-12H3/b19-16+,23-21+,31-24+/t32-,33+,34-,35-,36+,37+,39?,40+,41-,42-,44-,45?,46?,47?,48?/m0/s1. The summed E-state index contributed by atoms with van der Waals surface area (Å²) in [7, 11) is 9.85. The second-order valence-corrected chi connectivity index (χ2v) is 18.5. The average molecular weight is 862 g/mol. The normalized spacial score (nSPS) is 34.9. The summed E-state index contributed by atoms with van der Waals surface area (Å²) < 4.78 is 42.4. The molecule has 0 radical (unpaired) electrons. The fourth-order valence-corrected chi connectivity index (χ4v) is 9.84. The molecular formula is C48H79NO12. The predicted molar refractivity (Wildman–Crippen MR) is 234 cm³/mol. The maximum Gasteiger partial charge on any atom is 0.331 e. The minimum atomic E-state index is -0.948. The van der Waals surface area contributed by atoms with Crippen LogP contribution in [-0.2, 0) is 47.5 Å². The highest BCUT2D eigenvalue weighted by atomic mass is 16.6. The Morgan fingerprint density at radius 1 is 1.03 bits per heavy atom. The van der Waals surface area contributed by atoms with Crippen LogP contribution in [0.15, 0.2) is 48.2 Å². The molecule has 0 aromatic heterocycles. The number of cyclic esters (lactones) is 1. The molecule has 0 aromatic carbocycles. The van der Waals surface area contributed by atoms with Crippen molar-refractivity contribution in [2.45, 2.75) is 141 Å². The number of esters is 1. The molecule has 1 saturated heterocycles. The fourth-order valence-electron chi connectivity index (χ4n) is 9.84. The van der Waals surface area contributed by atoms with E-state index >= 15 is 0 Å². The van der Waals surface area contributed by atoms with Gasteiger partial charge in [0.15, 0.2) is 0 Å². The zero-order valence-corrected chi connectivity index (χ0v) is 39.1. The van der Waals surface area contributed by atoms with Crippen LogP contribution in [0.3, 0.4) is 0 Å². The van der Waals surface area contributed by atoms with E-state index in [2.05, 4.69) is 12.2 Å². The van der Waals surface area contributed by atoms with Gasteiger partial charge in [0.2, 0.25) is 6.41 Å². The molecule has 61 heavy (non-hydrogen) atoms. The summed E-state index contributed by atoms with van der Waals surface area (Å²) in [6, 6.07) is 0. The molecule has 2 aliphatic heterocycles. The van der Waals surface area contributed by atoms with Crippen LogP contribution in [0.4, 0.5) is 0 Å². The first-order chi connectivity index (χ1) is 28.9. The van der Waals surface area contributed by atoms with Gasteiger partial charge in [-0.1, -0.05) is 70.6 Å². The lowest BCUT2D eigenvalue weighted by molar-refractivity contribution is -0.166. The number of Topliss-reactive ketones (excluding diaryl/α,β-unsaturated/α-hetero) is 1. The topological polar surface area (TPSA) is 163 Å². The number of fused-ring (bicyclic) bond motifs is 2. The Labute approximate surface area is 366 Å². The van der Waals surface area contributed by atoms with Gasteiger partial charge in [0.25, 0.3) is 0 Å². The van der Waals surface area contributed by atoms with Crippen LogP contribution in [0.5, 0.6) is 0 Å². The van der Waals surface area contributed by atoms with Crippen molar-refractivity contribution in [1.29, 1.82) is 0 Å². The molecule has 15 atom stereocenters. The minimum absolute atomic E-state index is 0.00666. The second kappa shape index (κ2) is 24.9. The maximum absolute atomic E-state index is 13.8. The predicted octanol–water partition coefficient (Wildman–Crippen LogP) is 6.26. The number of hydrogen-bond donors (Lipinski definition) is 2. The molecule has 3 aliphatic rings. The number of aliphatic hydroxyl groups is 2. The zero-order chi connectivity index (χ0) is 45.5. The van der Waals surface area contributed by atoms with Crippen molar-refractivity contribution in [2.24, 2.45) is 40.9 Å². The number of nitrogens with zero attached hydrogens (tertiary/aromatic N) is 1. The van der Waals surface area contributed by atoms with E-state index in [1.807, 2.05) is 47.6 Å². The average Bonchev–Trinajstić information content (AvgIpc) is 4.05. The Kier molecular flexibility index (Phi) is 21.5. The summed E-state index contributed by atoms with van der Waals surface area (Å²) in [6.45, 7) is 12.1. The van der Waals surface area contributed by atoms with Crippen molar-refractivity contribution in [1.82, 2.24) is 4.90 Å². The quantitative estimate of drug-likeness (QED) is 0.0690. The molecule has 1 spiro atoms. The van der Waals surface area contributed by atoms with Crippen LogP contribution in [0, 0.1) is 40.9 Å². The molecule has 13 nitrogen and oxygen atoms in total. The number of ketones is 1. The van der Waals surface area contributed by atoms with Gasteiger partial charge in [-0.2, -0.15) is 0 Å². The van der Waals surface area contributed by atoms with Crippen molar-refractivity contribution >= 4 is 18.2 Å². The van der Waals surface area contributed by atoms with E-state index in [9.17, 15) is 24.6 Å². The third-order valence-corrected chi connectivity index (χ3v) is 13.7. The zero-order valence-electron chi connectivity index (χ0n) is 39.1. The molecule has 5 unspecified atom stereocenters. The minimum Gasteiger partial charge on any atom is -0.458 e. The molecule has 3 rings (SSSR count). The summed E-state index contributed by atoms with van der Waals surface area (Å²) in [5.41, 5.74) is -0.770. The van der Waals surface area contributed by atoms with Crippen LogP contribution in [0.2, 0.25) is 0 Å². The molecule has 348 valence electrons. The van der Waals surface area contributed by atoms with Gasteiger partial charge in [-0.3, -0.25) is 9.59 Å². The van der Waals surface area contributed by atoms with Gasteiger partial charge >= 0.3 is 5.97 Å². The summed E-state index contributed by atoms with van der Waals surface area (Å²) in [6.07, 6.45) is 14.2. The molecule has 2 heterocycles. The summed E-state index contributed by atoms with van der Waals surface area (Å²) in [4.78, 5) is 39.8. The van der Waals surface area contributed by atoms with Gasteiger partial charge in [0.05, 0.1) is 49.8 Å². The van der Waals surface area contributed by atoms with Crippen LogP contribution >= 0.6 is 0 Å². The molecular weight excluding hydrogens is 783 g/mol. The fraction of sp³-hybridized carbons (Fsp3) is 0.771. The Hall–Kier alpha value is -2.75. The summed E-state index contributed by atoms with van der Waals surface area (Å²) in [5, 5.41) is 23.3. The van der Waals surface area contributed by atoms with Gasteiger partial charge in [0.1, 0.15) is 17.5 Å². The highest BCUT2D eigenvalue weighted by molar-refractivity contribution is 5.82. The monoisotopic (exact) mass is 862 g/mol. The van der Waals surface area contributed by atoms with Crippen molar-refractivity contribution in [2.75, 3.05) is 55.8 Å². The molecule has 1 fully saturated rings. The van der Waals surface area contributed by atoms with Crippen molar-refractivity contribution in [3.8, 4) is 0 Å². The van der Waals surface area contributed by atoms with E-state index in [0.717, 1.165) is 19.3 Å². The highest BCUT2D eigenvalue weighted by Crippen LogP contribution is 2.46. The third kappa shape index (κ3) is 14.6. The number of rotatable bonds is 18. The molecule has 2 N–H and O–H groups in total. The lowest BCUT2D eigenvalue weighted by Gasteiger charge is -2.43. The van der Waals surface area contributed by atoms with E-state index in [1.165, 1.54) is 11.0 Å². The lowest BCUT2D eigenvalue weighted by Crippen LogP contribution is -2.50. The Morgan fingerprint density at radius 3 is 2.31 bits per heavy atom. The lowest BCUT2D eigenvalue weighted by atomic mass is 9.70. The second-order valence-electron chi connectivity index (χ2n) is 18.5. The maximum atomic E-state index is 13.8. The van der Waals surface area contributed by atoms with Crippen molar-refractivity contribution in [3.05, 3.63) is 48.2 Å².